The molecule has 0 bridgehead atoms. The lowest BCUT2D eigenvalue weighted by molar-refractivity contribution is -0.131. The highest BCUT2D eigenvalue weighted by Gasteiger charge is 2.38. The van der Waals surface area contributed by atoms with Gasteiger partial charge in [-0.25, -0.2) is 14.9 Å². The van der Waals surface area contributed by atoms with Crippen molar-refractivity contribution < 1.29 is 9.59 Å². The van der Waals surface area contributed by atoms with Gasteiger partial charge in [-0.05, 0) is 25.5 Å². The third kappa shape index (κ3) is 2.45. The maximum absolute atomic E-state index is 13.0. The van der Waals surface area contributed by atoms with E-state index in [4.69, 9.17) is 0 Å². The molecule has 1 fully saturated rings. The lowest BCUT2D eigenvalue weighted by Gasteiger charge is -2.30. The summed E-state index contributed by atoms with van der Waals surface area (Å²) in [6, 6.07) is 6.28. The highest BCUT2D eigenvalue weighted by molar-refractivity contribution is 7.14. The van der Waals surface area contributed by atoms with Gasteiger partial charge in [-0.2, -0.15) is 0 Å². The lowest BCUT2D eigenvalue weighted by atomic mass is 10.0. The predicted molar refractivity (Wildman–Crippen MR) is 93.6 cm³/mol. The number of amides is 2. The molecule has 126 valence electrons. The zero-order valence-electron chi connectivity index (χ0n) is 13.4. The molecule has 0 N–H and O–H groups in total. The highest BCUT2D eigenvalue weighted by atomic mass is 32.1. The molecular weight excluding hydrogens is 340 g/mol. The van der Waals surface area contributed by atoms with Crippen LogP contribution < -0.4 is 10.5 Å². The number of aryl methyl sites for hydroxylation is 1. The van der Waals surface area contributed by atoms with E-state index < -0.39 is 11.9 Å². The number of aromatic nitrogens is 3. The van der Waals surface area contributed by atoms with Gasteiger partial charge in [0.15, 0.2) is 5.13 Å². The largest absolute Gasteiger partial charge is 0.284 e. The van der Waals surface area contributed by atoms with Crippen LogP contribution in [0.1, 0.15) is 24.7 Å². The fourth-order valence-electron chi connectivity index (χ4n) is 3.16. The Morgan fingerprint density at radius 3 is 2.76 bits per heavy atom. The first-order valence-electron chi connectivity index (χ1n) is 7.82. The van der Waals surface area contributed by atoms with Crippen molar-refractivity contribution in [3.8, 4) is 0 Å². The van der Waals surface area contributed by atoms with Crippen molar-refractivity contribution in [2.45, 2.75) is 25.8 Å². The highest BCUT2D eigenvalue weighted by Crippen LogP contribution is 2.29. The number of carbonyl (C=O) groups excluding carboxylic acids is 2. The Balaban J connectivity index is 1.85. The summed E-state index contributed by atoms with van der Waals surface area (Å²) >= 11 is 1.22. The van der Waals surface area contributed by atoms with Crippen LogP contribution in [0.3, 0.4) is 0 Å². The number of imide groups is 1. The SMILES string of the molecule is Cc1nc2ccccc2c(=O)n1C1CCC(=O)N(c2nccs2)C1=O. The standard InChI is InChI=1S/C17H14N4O3S/c1-10-19-12-5-3-2-4-11(12)15(23)20(10)13-6-7-14(22)21(16(13)24)17-18-8-9-25-17/h2-5,8-9,13H,6-7H2,1H3. The van der Waals surface area contributed by atoms with Crippen LogP contribution in [0.4, 0.5) is 5.13 Å². The van der Waals surface area contributed by atoms with Gasteiger partial charge >= 0.3 is 0 Å². The van der Waals surface area contributed by atoms with Gasteiger partial charge in [-0.3, -0.25) is 19.0 Å². The van der Waals surface area contributed by atoms with Crippen LogP contribution in [0.15, 0.2) is 40.6 Å². The van der Waals surface area contributed by atoms with Gasteiger partial charge in [-0.15, -0.1) is 11.3 Å². The van der Waals surface area contributed by atoms with Crippen molar-refractivity contribution in [1.82, 2.24) is 14.5 Å². The number of nitrogens with zero attached hydrogens (tertiary/aromatic N) is 4. The third-order valence-electron chi connectivity index (χ3n) is 4.29. The molecule has 7 nitrogen and oxygen atoms in total. The molecule has 1 unspecified atom stereocenters. The molecule has 2 aromatic heterocycles. The van der Waals surface area contributed by atoms with Crippen LogP contribution in [-0.2, 0) is 9.59 Å². The summed E-state index contributed by atoms with van der Waals surface area (Å²) in [6.45, 7) is 1.70. The van der Waals surface area contributed by atoms with Gasteiger partial charge in [0.1, 0.15) is 11.9 Å². The van der Waals surface area contributed by atoms with Gasteiger partial charge in [0.2, 0.25) is 5.91 Å². The zero-order valence-corrected chi connectivity index (χ0v) is 14.2. The number of rotatable bonds is 2. The van der Waals surface area contributed by atoms with Gasteiger partial charge in [0, 0.05) is 18.0 Å². The summed E-state index contributed by atoms with van der Waals surface area (Å²) in [5.74, 6) is -0.278. The van der Waals surface area contributed by atoms with Crippen LogP contribution in [-0.4, -0.2) is 26.3 Å². The lowest BCUT2D eigenvalue weighted by Crippen LogP contribution is -2.48. The normalized spacial score (nSPS) is 18.1. The van der Waals surface area contributed by atoms with E-state index in [1.165, 1.54) is 15.9 Å². The van der Waals surface area contributed by atoms with Gasteiger partial charge in [-0.1, -0.05) is 12.1 Å². The summed E-state index contributed by atoms with van der Waals surface area (Å²) in [6.07, 6.45) is 1.99. The number of anilines is 1. The van der Waals surface area contributed by atoms with Crippen LogP contribution in [0.25, 0.3) is 10.9 Å². The second-order valence-electron chi connectivity index (χ2n) is 5.79. The molecule has 1 atom stereocenters. The van der Waals surface area contributed by atoms with E-state index in [2.05, 4.69) is 9.97 Å². The number of fused-ring (bicyclic) bond motifs is 1. The van der Waals surface area contributed by atoms with Crippen molar-refractivity contribution in [3.63, 3.8) is 0 Å². The number of hydrogen-bond acceptors (Lipinski definition) is 6. The first-order valence-corrected chi connectivity index (χ1v) is 8.70. The summed E-state index contributed by atoms with van der Waals surface area (Å²) in [5.41, 5.74) is 0.326. The molecule has 1 saturated heterocycles. The van der Waals surface area contributed by atoms with Crippen molar-refractivity contribution >= 4 is 39.2 Å². The summed E-state index contributed by atoms with van der Waals surface area (Å²) in [7, 11) is 0. The molecule has 0 aliphatic carbocycles. The Morgan fingerprint density at radius 2 is 2.00 bits per heavy atom. The average molecular weight is 354 g/mol. The van der Waals surface area contributed by atoms with Gasteiger partial charge < -0.3 is 0 Å². The minimum absolute atomic E-state index is 0.175. The van der Waals surface area contributed by atoms with Crippen LogP contribution in [0.5, 0.6) is 0 Å². The number of para-hydroxylation sites is 1. The molecule has 25 heavy (non-hydrogen) atoms. The molecule has 8 heteroatoms. The summed E-state index contributed by atoms with van der Waals surface area (Å²) < 4.78 is 1.40. The average Bonchev–Trinajstić information content (AvgIpc) is 3.11. The molecule has 3 heterocycles. The Labute approximate surface area is 146 Å². The first-order chi connectivity index (χ1) is 12.1. The topological polar surface area (TPSA) is 85.2 Å². The van der Waals surface area contributed by atoms with E-state index in [-0.39, 0.29) is 24.3 Å². The molecule has 1 aromatic carbocycles. The molecule has 3 aromatic rings. The Morgan fingerprint density at radius 1 is 1.20 bits per heavy atom. The van der Waals surface area contributed by atoms with Crippen molar-refractivity contribution in [2.24, 2.45) is 0 Å². The van der Waals surface area contributed by atoms with Crippen molar-refractivity contribution in [1.29, 1.82) is 0 Å². The Hall–Kier alpha value is -2.87. The minimum atomic E-state index is -0.758. The Bertz CT molecular complexity index is 1040. The molecule has 1 aliphatic heterocycles. The second kappa shape index (κ2) is 5.89. The molecule has 0 saturated carbocycles. The second-order valence-corrected chi connectivity index (χ2v) is 6.66. The molecule has 2 amide bonds. The molecule has 0 spiro atoms. The maximum Gasteiger partial charge on any atom is 0.262 e. The van der Waals surface area contributed by atoms with E-state index in [1.807, 2.05) is 6.07 Å². The fraction of sp³-hybridized carbons (Fsp3) is 0.235. The van der Waals surface area contributed by atoms with Gasteiger partial charge in [0.05, 0.1) is 10.9 Å². The third-order valence-corrected chi connectivity index (χ3v) is 5.05. The van der Waals surface area contributed by atoms with E-state index in [9.17, 15) is 14.4 Å². The number of thiazole rings is 1. The van der Waals surface area contributed by atoms with Crippen molar-refractivity contribution in [3.05, 3.63) is 52.0 Å². The number of benzene rings is 1. The molecule has 0 radical (unpaired) electrons. The monoisotopic (exact) mass is 354 g/mol. The predicted octanol–water partition coefficient (Wildman–Crippen LogP) is 2.06. The van der Waals surface area contributed by atoms with E-state index >= 15 is 0 Å². The summed E-state index contributed by atoms with van der Waals surface area (Å²) in [5, 5.41) is 2.49. The van der Waals surface area contributed by atoms with Crippen LogP contribution in [0.2, 0.25) is 0 Å². The minimum Gasteiger partial charge on any atom is -0.284 e. The van der Waals surface area contributed by atoms with E-state index in [0.29, 0.717) is 21.9 Å². The van der Waals surface area contributed by atoms with E-state index in [1.54, 1.807) is 36.7 Å². The van der Waals surface area contributed by atoms with E-state index in [0.717, 1.165) is 4.90 Å². The first kappa shape index (κ1) is 15.6. The Kier molecular flexibility index (Phi) is 3.69. The summed E-state index contributed by atoms with van der Waals surface area (Å²) in [4.78, 5) is 47.7. The van der Waals surface area contributed by atoms with Crippen LogP contribution >= 0.6 is 11.3 Å². The molecule has 4 rings (SSSR count). The number of piperidine rings is 1. The fourth-order valence-corrected chi connectivity index (χ4v) is 3.82. The molecule has 1 aliphatic rings. The number of carbonyl (C=O) groups is 2. The van der Waals surface area contributed by atoms with Gasteiger partial charge in [0.25, 0.3) is 11.5 Å². The number of hydrogen-bond donors (Lipinski definition) is 0. The van der Waals surface area contributed by atoms with Crippen LogP contribution in [0, 0.1) is 6.92 Å². The zero-order chi connectivity index (χ0) is 17.6. The van der Waals surface area contributed by atoms with Crippen molar-refractivity contribution in [2.75, 3.05) is 4.90 Å². The quantitative estimate of drug-likeness (QED) is 0.658. The molecular formula is C17H14N4O3S. The maximum atomic E-state index is 13.0. The smallest absolute Gasteiger partial charge is 0.262 e.